The summed E-state index contributed by atoms with van der Waals surface area (Å²) in [5.41, 5.74) is 7.05. The molecule has 0 saturated carbocycles. The molecule has 0 radical (unpaired) electrons. The van der Waals surface area contributed by atoms with Crippen LogP contribution in [0.1, 0.15) is 29.3 Å². The van der Waals surface area contributed by atoms with Crippen LogP contribution in [0.15, 0.2) is 12.1 Å². The molecule has 0 saturated heterocycles. The van der Waals surface area contributed by atoms with Crippen LogP contribution >= 0.6 is 11.6 Å². The van der Waals surface area contributed by atoms with E-state index in [4.69, 9.17) is 26.8 Å². The van der Waals surface area contributed by atoms with Crippen molar-refractivity contribution >= 4 is 17.4 Å². The highest BCUT2D eigenvalue weighted by Crippen LogP contribution is 2.32. The van der Waals surface area contributed by atoms with E-state index in [1.54, 1.807) is 13.0 Å². The molecular weight excluding hydrogens is 254 g/mol. The minimum atomic E-state index is -0.969. The van der Waals surface area contributed by atoms with E-state index in [9.17, 15) is 4.79 Å². The maximum atomic E-state index is 12.2. The van der Waals surface area contributed by atoms with Crippen LogP contribution in [-0.4, -0.2) is 25.2 Å². The third-order valence-corrected chi connectivity index (χ3v) is 3.06. The van der Waals surface area contributed by atoms with Gasteiger partial charge in [0.1, 0.15) is 5.75 Å². The highest BCUT2D eigenvalue weighted by Gasteiger charge is 2.24. The molecule has 98 valence electrons. The first-order chi connectivity index (χ1) is 8.63. The zero-order valence-corrected chi connectivity index (χ0v) is 11.0. The number of aryl methyl sites for hydroxylation is 1. The molecule has 4 nitrogen and oxygen atoms in total. The number of nitrogens with two attached hydrogens (primary N) is 1. The predicted octanol–water partition coefficient (Wildman–Crippen LogP) is 2.17. The molecule has 5 heteroatoms. The SMILES string of the molecule is CCOC(N)C(=O)c1cc(Cl)cc2c1OCCC2. The lowest BCUT2D eigenvalue weighted by Gasteiger charge is -2.21. The number of ether oxygens (including phenoxy) is 2. The van der Waals surface area contributed by atoms with E-state index in [1.165, 1.54) is 0 Å². The third kappa shape index (κ3) is 2.66. The summed E-state index contributed by atoms with van der Waals surface area (Å²) in [6.07, 6.45) is 0.821. The molecule has 2 rings (SSSR count). The van der Waals surface area contributed by atoms with E-state index in [0.717, 1.165) is 18.4 Å². The Morgan fingerprint density at radius 2 is 2.39 bits per heavy atom. The third-order valence-electron chi connectivity index (χ3n) is 2.84. The largest absolute Gasteiger partial charge is 0.493 e. The van der Waals surface area contributed by atoms with Crippen LogP contribution < -0.4 is 10.5 Å². The van der Waals surface area contributed by atoms with Gasteiger partial charge in [0.15, 0.2) is 6.23 Å². The summed E-state index contributed by atoms with van der Waals surface area (Å²) in [6, 6.07) is 3.42. The lowest BCUT2D eigenvalue weighted by atomic mass is 9.99. The van der Waals surface area contributed by atoms with Gasteiger partial charge >= 0.3 is 0 Å². The van der Waals surface area contributed by atoms with Crippen molar-refractivity contribution in [2.24, 2.45) is 5.73 Å². The molecule has 18 heavy (non-hydrogen) atoms. The molecule has 0 fully saturated rings. The minimum absolute atomic E-state index is 0.294. The molecule has 1 aliphatic rings. The van der Waals surface area contributed by atoms with E-state index in [2.05, 4.69) is 0 Å². The molecule has 0 bridgehead atoms. The highest BCUT2D eigenvalue weighted by atomic mass is 35.5. The molecule has 1 aromatic carbocycles. The first kappa shape index (κ1) is 13.3. The van der Waals surface area contributed by atoms with Crippen LogP contribution in [0.3, 0.4) is 0 Å². The highest BCUT2D eigenvalue weighted by molar-refractivity contribution is 6.31. The Balaban J connectivity index is 2.37. The average Bonchev–Trinajstić information content (AvgIpc) is 2.37. The molecule has 1 aliphatic heterocycles. The fraction of sp³-hybridized carbons (Fsp3) is 0.462. The van der Waals surface area contributed by atoms with Crippen LogP contribution in [-0.2, 0) is 11.2 Å². The molecule has 2 N–H and O–H groups in total. The van der Waals surface area contributed by atoms with E-state index >= 15 is 0 Å². The van der Waals surface area contributed by atoms with Gasteiger partial charge in [-0.3, -0.25) is 10.5 Å². The Morgan fingerprint density at radius 3 is 3.11 bits per heavy atom. The minimum Gasteiger partial charge on any atom is -0.493 e. The van der Waals surface area contributed by atoms with Crippen LogP contribution in [0.25, 0.3) is 0 Å². The fourth-order valence-corrected chi connectivity index (χ4v) is 2.28. The number of rotatable bonds is 4. The van der Waals surface area contributed by atoms with Crippen molar-refractivity contribution in [3.8, 4) is 5.75 Å². The van der Waals surface area contributed by atoms with Crippen molar-refractivity contribution < 1.29 is 14.3 Å². The van der Waals surface area contributed by atoms with E-state index in [-0.39, 0.29) is 5.78 Å². The number of hydrogen-bond acceptors (Lipinski definition) is 4. The van der Waals surface area contributed by atoms with Crippen molar-refractivity contribution in [2.75, 3.05) is 13.2 Å². The monoisotopic (exact) mass is 269 g/mol. The summed E-state index contributed by atoms with van der Waals surface area (Å²) in [4.78, 5) is 12.2. The summed E-state index contributed by atoms with van der Waals surface area (Å²) in [6.45, 7) is 2.78. The van der Waals surface area contributed by atoms with Crippen LogP contribution in [0.2, 0.25) is 5.02 Å². The van der Waals surface area contributed by atoms with Crippen LogP contribution in [0.4, 0.5) is 0 Å². The van der Waals surface area contributed by atoms with Crippen molar-refractivity contribution in [2.45, 2.75) is 26.0 Å². The Kier molecular flexibility index (Phi) is 4.22. The summed E-state index contributed by atoms with van der Waals surface area (Å²) in [5.74, 6) is 0.309. The molecule has 1 aromatic rings. The molecule has 0 aromatic heterocycles. The normalized spacial score (nSPS) is 15.7. The number of fused-ring (bicyclic) bond motifs is 1. The second kappa shape index (κ2) is 5.69. The van der Waals surface area contributed by atoms with Gasteiger partial charge in [0.05, 0.1) is 12.2 Å². The van der Waals surface area contributed by atoms with Gasteiger partial charge in [0.25, 0.3) is 0 Å². The van der Waals surface area contributed by atoms with Gasteiger partial charge in [-0.15, -0.1) is 0 Å². The van der Waals surface area contributed by atoms with Gasteiger partial charge in [0.2, 0.25) is 5.78 Å². The first-order valence-corrected chi connectivity index (χ1v) is 6.38. The smallest absolute Gasteiger partial charge is 0.209 e. The molecule has 1 atom stereocenters. The zero-order chi connectivity index (χ0) is 13.1. The van der Waals surface area contributed by atoms with E-state index in [1.807, 2.05) is 6.07 Å². The van der Waals surface area contributed by atoms with Gasteiger partial charge in [-0.05, 0) is 37.5 Å². The summed E-state index contributed by atoms with van der Waals surface area (Å²) < 4.78 is 10.7. The Bertz CT molecular complexity index is 462. The molecular formula is C13H16ClNO3. The second-order valence-corrected chi connectivity index (χ2v) is 4.57. The lowest BCUT2D eigenvalue weighted by molar-refractivity contribution is 0.0475. The number of hydrogen-bond donors (Lipinski definition) is 1. The van der Waals surface area contributed by atoms with Gasteiger partial charge in [0, 0.05) is 11.6 Å². The number of carbonyl (C=O) groups excluding carboxylic acids is 1. The van der Waals surface area contributed by atoms with Crippen molar-refractivity contribution in [3.05, 3.63) is 28.3 Å². The Hall–Kier alpha value is -1.10. The summed E-state index contributed by atoms with van der Waals surface area (Å²) >= 11 is 6.02. The fourth-order valence-electron chi connectivity index (χ4n) is 2.03. The lowest BCUT2D eigenvalue weighted by Crippen LogP contribution is -2.34. The maximum Gasteiger partial charge on any atom is 0.209 e. The quantitative estimate of drug-likeness (QED) is 0.672. The number of carbonyl (C=O) groups is 1. The van der Waals surface area contributed by atoms with Crippen LogP contribution in [0.5, 0.6) is 5.75 Å². The Labute approximate surface area is 111 Å². The maximum absolute atomic E-state index is 12.2. The van der Waals surface area contributed by atoms with Gasteiger partial charge < -0.3 is 9.47 Å². The molecule has 1 heterocycles. The van der Waals surface area contributed by atoms with Crippen molar-refractivity contribution in [1.29, 1.82) is 0 Å². The second-order valence-electron chi connectivity index (χ2n) is 4.13. The van der Waals surface area contributed by atoms with Gasteiger partial charge in [-0.2, -0.15) is 0 Å². The Morgan fingerprint density at radius 1 is 1.61 bits per heavy atom. The number of Topliss-reactive ketones (excluding diaryl/α,β-unsaturated/α-hetero) is 1. The molecule has 1 unspecified atom stereocenters. The molecule has 0 spiro atoms. The number of ketones is 1. The van der Waals surface area contributed by atoms with Crippen molar-refractivity contribution in [3.63, 3.8) is 0 Å². The first-order valence-electron chi connectivity index (χ1n) is 6.00. The van der Waals surface area contributed by atoms with Crippen molar-refractivity contribution in [1.82, 2.24) is 0 Å². The summed E-state index contributed by atoms with van der Waals surface area (Å²) in [7, 11) is 0. The van der Waals surface area contributed by atoms with Crippen LogP contribution in [0, 0.1) is 0 Å². The van der Waals surface area contributed by atoms with Gasteiger partial charge in [-0.1, -0.05) is 11.6 Å². The number of benzene rings is 1. The average molecular weight is 270 g/mol. The topological polar surface area (TPSA) is 61.5 Å². The number of halogens is 1. The standard InChI is InChI=1S/C13H16ClNO3/c1-2-17-13(15)11(16)10-7-9(14)6-8-4-3-5-18-12(8)10/h6-7,13H,2-5,15H2,1H3. The zero-order valence-electron chi connectivity index (χ0n) is 10.2. The van der Waals surface area contributed by atoms with E-state index < -0.39 is 6.23 Å². The molecule has 0 amide bonds. The molecule has 0 aliphatic carbocycles. The predicted molar refractivity (Wildman–Crippen MR) is 69.2 cm³/mol. The van der Waals surface area contributed by atoms with E-state index in [0.29, 0.717) is 29.5 Å². The van der Waals surface area contributed by atoms with Gasteiger partial charge in [-0.25, -0.2) is 0 Å². The summed E-state index contributed by atoms with van der Waals surface area (Å²) in [5, 5.41) is 0.520.